The van der Waals surface area contributed by atoms with E-state index >= 15 is 0 Å². The molecule has 0 aliphatic rings. The van der Waals surface area contributed by atoms with Crippen molar-refractivity contribution in [2.45, 2.75) is 90.9 Å². The molecule has 0 saturated carbocycles. The Balaban J connectivity index is 1.48. The first-order chi connectivity index (χ1) is 13.8. The lowest BCUT2D eigenvalue weighted by Gasteiger charge is -2.03. The molecule has 4 heteroatoms. The summed E-state index contributed by atoms with van der Waals surface area (Å²) in [5.74, 6) is 0.879. The summed E-state index contributed by atoms with van der Waals surface area (Å²) in [6.07, 6.45) is 19.8. The summed E-state index contributed by atoms with van der Waals surface area (Å²) < 4.78 is 2.78. The van der Waals surface area contributed by atoms with E-state index in [2.05, 4.69) is 35.9 Å². The minimum Gasteiger partial charge on any atom is -0.236 e. The Kier molecular flexibility index (Phi) is 8.94. The molecule has 3 rings (SSSR count). The van der Waals surface area contributed by atoms with Gasteiger partial charge in [-0.25, -0.2) is 9.97 Å². The van der Waals surface area contributed by atoms with Crippen molar-refractivity contribution in [3.63, 3.8) is 0 Å². The lowest BCUT2D eigenvalue weighted by Crippen LogP contribution is -1.92. The van der Waals surface area contributed by atoms with E-state index in [0.717, 1.165) is 12.2 Å². The first kappa shape index (κ1) is 21.4. The van der Waals surface area contributed by atoms with Crippen LogP contribution in [0, 0.1) is 0 Å². The summed E-state index contributed by atoms with van der Waals surface area (Å²) in [5.41, 5.74) is 1.27. The zero-order valence-electron chi connectivity index (χ0n) is 17.5. The normalized spacial score (nSPS) is 11.5. The third kappa shape index (κ3) is 6.38. The van der Waals surface area contributed by atoms with Crippen LogP contribution in [0.15, 0.2) is 24.5 Å². The topological polar surface area (TPSA) is 25.8 Å². The summed E-state index contributed by atoms with van der Waals surface area (Å²) in [5, 5.41) is 0. The van der Waals surface area contributed by atoms with Gasteiger partial charge in [0.1, 0.15) is 0 Å². The summed E-state index contributed by atoms with van der Waals surface area (Å²) in [7, 11) is 0. The molecule has 3 heterocycles. The quantitative estimate of drug-likeness (QED) is 0.262. The highest BCUT2D eigenvalue weighted by Gasteiger charge is 2.10. The average Bonchev–Trinajstić information content (AvgIpc) is 3.27. The molecule has 0 aliphatic heterocycles. The predicted octanol–water partition coefficient (Wildman–Crippen LogP) is 8.45. The van der Waals surface area contributed by atoms with Gasteiger partial charge >= 0.3 is 0 Å². The second-order valence-corrected chi connectivity index (χ2v) is 10.0. The van der Waals surface area contributed by atoms with Gasteiger partial charge < -0.3 is 0 Å². The lowest BCUT2D eigenvalue weighted by atomic mass is 10.1. The second kappa shape index (κ2) is 11.7. The molecular weight excluding hydrogens is 380 g/mol. The fraction of sp³-hybridized carbons (Fsp3) is 0.583. The molecule has 3 aromatic rings. The van der Waals surface area contributed by atoms with Gasteiger partial charge in [-0.05, 0) is 43.4 Å². The Bertz CT molecular complexity index is 785. The van der Waals surface area contributed by atoms with Crippen molar-refractivity contribution >= 4 is 32.1 Å². The molecule has 0 aliphatic carbocycles. The molecule has 0 radical (unpaired) electrons. The van der Waals surface area contributed by atoms with Gasteiger partial charge in [0.05, 0.1) is 4.88 Å². The first-order valence-corrected chi connectivity index (χ1v) is 12.8. The maximum Gasteiger partial charge on any atom is 0.169 e. The number of thiophene rings is 2. The molecule has 0 unspecified atom stereocenters. The zero-order valence-corrected chi connectivity index (χ0v) is 19.1. The Morgan fingerprint density at radius 1 is 0.679 bits per heavy atom. The number of nitrogens with zero attached hydrogens (tertiary/aromatic N) is 2. The molecule has 0 saturated heterocycles. The van der Waals surface area contributed by atoms with Crippen LogP contribution in [-0.2, 0) is 12.8 Å². The van der Waals surface area contributed by atoms with Crippen molar-refractivity contribution in [1.29, 1.82) is 0 Å². The van der Waals surface area contributed by atoms with Crippen molar-refractivity contribution in [1.82, 2.24) is 9.97 Å². The van der Waals surface area contributed by atoms with Gasteiger partial charge in [0.15, 0.2) is 5.82 Å². The summed E-state index contributed by atoms with van der Waals surface area (Å²) in [6.45, 7) is 4.54. The molecule has 0 N–H and O–H groups in total. The van der Waals surface area contributed by atoms with Crippen molar-refractivity contribution in [2.24, 2.45) is 0 Å². The minimum atomic E-state index is 0.879. The van der Waals surface area contributed by atoms with Gasteiger partial charge in [-0.1, -0.05) is 65.2 Å². The van der Waals surface area contributed by atoms with Crippen molar-refractivity contribution in [3.8, 4) is 10.7 Å². The molecule has 152 valence electrons. The number of hydrogen-bond donors (Lipinski definition) is 0. The van der Waals surface area contributed by atoms with Crippen LogP contribution in [0.3, 0.4) is 0 Å². The maximum atomic E-state index is 4.65. The molecule has 28 heavy (non-hydrogen) atoms. The van der Waals surface area contributed by atoms with Crippen LogP contribution in [0.4, 0.5) is 0 Å². The van der Waals surface area contributed by atoms with E-state index in [1.165, 1.54) is 95.3 Å². The second-order valence-electron chi connectivity index (χ2n) is 7.80. The van der Waals surface area contributed by atoms with Crippen LogP contribution in [-0.4, -0.2) is 9.97 Å². The van der Waals surface area contributed by atoms with E-state index in [1.807, 2.05) is 35.1 Å². The van der Waals surface area contributed by atoms with E-state index in [9.17, 15) is 0 Å². The SMILES string of the molecule is CCCCCCCCCc1cnc(-c2cc3sc(CCCCC)cc3s2)nc1. The van der Waals surface area contributed by atoms with Crippen LogP contribution in [0.25, 0.3) is 20.1 Å². The number of fused-ring (bicyclic) bond motifs is 1. The van der Waals surface area contributed by atoms with Gasteiger partial charge in [0.2, 0.25) is 0 Å². The Hall–Kier alpha value is -1.26. The summed E-state index contributed by atoms with van der Waals surface area (Å²) >= 11 is 3.77. The number of unbranched alkanes of at least 4 members (excludes halogenated alkanes) is 8. The monoisotopic (exact) mass is 414 g/mol. The third-order valence-corrected chi connectivity index (χ3v) is 7.63. The first-order valence-electron chi connectivity index (χ1n) is 11.1. The Morgan fingerprint density at radius 3 is 2.00 bits per heavy atom. The minimum absolute atomic E-state index is 0.879. The molecule has 0 atom stereocenters. The van der Waals surface area contributed by atoms with Gasteiger partial charge in [-0.3, -0.25) is 0 Å². The highest BCUT2D eigenvalue weighted by Crippen LogP contribution is 2.37. The standard InChI is InChI=1S/C24H34N2S2/c1-3-5-7-8-9-10-12-13-19-17-25-24(26-18-19)23-16-22-21(28-23)15-20(27-22)14-11-6-4-2/h15-18H,3-14H2,1-2H3. The van der Waals surface area contributed by atoms with Crippen LogP contribution in [0.2, 0.25) is 0 Å². The van der Waals surface area contributed by atoms with Crippen molar-refractivity contribution in [2.75, 3.05) is 0 Å². The zero-order chi connectivity index (χ0) is 19.6. The molecular formula is C24H34N2S2. The third-order valence-electron chi connectivity index (χ3n) is 5.28. The Labute approximate surface area is 178 Å². The van der Waals surface area contributed by atoms with E-state index in [0.29, 0.717) is 0 Å². The van der Waals surface area contributed by atoms with Crippen LogP contribution >= 0.6 is 22.7 Å². The smallest absolute Gasteiger partial charge is 0.169 e. The highest BCUT2D eigenvalue weighted by molar-refractivity contribution is 7.29. The molecule has 0 spiro atoms. The highest BCUT2D eigenvalue weighted by atomic mass is 32.1. The average molecular weight is 415 g/mol. The molecule has 0 aromatic carbocycles. The lowest BCUT2D eigenvalue weighted by molar-refractivity contribution is 0.589. The van der Waals surface area contributed by atoms with Crippen molar-refractivity contribution in [3.05, 3.63) is 35.0 Å². The largest absolute Gasteiger partial charge is 0.236 e. The molecule has 3 aromatic heterocycles. The maximum absolute atomic E-state index is 4.65. The number of hydrogen-bond acceptors (Lipinski definition) is 4. The molecule has 0 amide bonds. The number of rotatable bonds is 13. The van der Waals surface area contributed by atoms with E-state index in [-0.39, 0.29) is 0 Å². The number of aromatic nitrogens is 2. The van der Waals surface area contributed by atoms with E-state index < -0.39 is 0 Å². The van der Waals surface area contributed by atoms with Crippen molar-refractivity contribution < 1.29 is 0 Å². The molecule has 2 nitrogen and oxygen atoms in total. The van der Waals surface area contributed by atoms with Gasteiger partial charge in [-0.15, -0.1) is 22.7 Å². The Morgan fingerprint density at radius 2 is 1.29 bits per heavy atom. The molecule has 0 fully saturated rings. The summed E-state index contributed by atoms with van der Waals surface area (Å²) in [6, 6.07) is 4.65. The fourth-order valence-electron chi connectivity index (χ4n) is 3.57. The summed E-state index contributed by atoms with van der Waals surface area (Å²) in [4.78, 5) is 12.0. The van der Waals surface area contributed by atoms with Crippen LogP contribution in [0.1, 0.15) is 88.5 Å². The molecule has 0 bridgehead atoms. The van der Waals surface area contributed by atoms with E-state index in [4.69, 9.17) is 0 Å². The van der Waals surface area contributed by atoms with Crippen LogP contribution < -0.4 is 0 Å². The predicted molar refractivity (Wildman–Crippen MR) is 126 cm³/mol. The number of aryl methyl sites for hydroxylation is 2. The fourth-order valence-corrected chi connectivity index (χ4v) is 5.98. The van der Waals surface area contributed by atoms with Gasteiger partial charge in [-0.2, -0.15) is 0 Å². The van der Waals surface area contributed by atoms with E-state index in [1.54, 1.807) is 0 Å². The van der Waals surface area contributed by atoms with Gasteiger partial charge in [0, 0.05) is 26.7 Å². The van der Waals surface area contributed by atoms with Gasteiger partial charge in [0.25, 0.3) is 0 Å². The van der Waals surface area contributed by atoms with Crippen LogP contribution in [0.5, 0.6) is 0 Å².